The number of ether oxygens (including phenoxy) is 1. The smallest absolute Gasteiger partial charge is 0.276 e. The second-order valence-electron chi connectivity index (χ2n) is 5.84. The van der Waals surface area contributed by atoms with Crippen molar-refractivity contribution in [1.29, 1.82) is 5.26 Å². The van der Waals surface area contributed by atoms with Crippen molar-refractivity contribution < 1.29 is 14.3 Å². The lowest BCUT2D eigenvalue weighted by Gasteiger charge is -2.15. The van der Waals surface area contributed by atoms with E-state index in [-0.39, 0.29) is 6.61 Å². The molecule has 3 rings (SSSR count). The molecule has 0 aliphatic rings. The Hall–Kier alpha value is -3.49. The van der Waals surface area contributed by atoms with Gasteiger partial charge >= 0.3 is 0 Å². The van der Waals surface area contributed by atoms with Crippen molar-refractivity contribution in [2.45, 2.75) is 13.0 Å². The fourth-order valence-electron chi connectivity index (χ4n) is 2.41. The summed E-state index contributed by atoms with van der Waals surface area (Å²) in [4.78, 5) is 25.2. The molecule has 0 aliphatic heterocycles. The highest BCUT2D eigenvalue weighted by atomic mass is 32.1. The van der Waals surface area contributed by atoms with Crippen LogP contribution in [-0.4, -0.2) is 33.2 Å². The molecule has 1 atom stereocenters. The lowest BCUT2D eigenvalue weighted by molar-refractivity contribution is -0.131. The van der Waals surface area contributed by atoms with Crippen molar-refractivity contribution in [1.82, 2.24) is 25.6 Å². The maximum atomic E-state index is 12.5. The molecule has 3 aromatic rings. The van der Waals surface area contributed by atoms with Crippen molar-refractivity contribution in [3.05, 3.63) is 52.1 Å². The average Bonchev–Trinajstić information content (AvgIpc) is 3.39. The van der Waals surface area contributed by atoms with Gasteiger partial charge in [-0.15, -0.1) is 11.3 Å². The average molecular weight is 428 g/mol. The lowest BCUT2D eigenvalue weighted by atomic mass is 10.2. The predicted molar refractivity (Wildman–Crippen MR) is 108 cm³/mol. The van der Waals surface area contributed by atoms with Crippen LogP contribution >= 0.6 is 23.6 Å². The van der Waals surface area contributed by atoms with Crippen LogP contribution in [0.4, 0.5) is 0 Å². The van der Waals surface area contributed by atoms with Crippen LogP contribution < -0.4 is 15.6 Å². The number of benzene rings is 1. The first kappa shape index (κ1) is 20.2. The van der Waals surface area contributed by atoms with Gasteiger partial charge in [0, 0.05) is 0 Å². The first-order valence-corrected chi connectivity index (χ1v) is 9.71. The summed E-state index contributed by atoms with van der Waals surface area (Å²) in [6, 6.07) is 11.4. The van der Waals surface area contributed by atoms with E-state index in [1.54, 1.807) is 35.8 Å². The molecule has 0 saturated carbocycles. The minimum absolute atomic E-state index is 0.298. The van der Waals surface area contributed by atoms with E-state index in [0.29, 0.717) is 21.9 Å². The van der Waals surface area contributed by atoms with Crippen molar-refractivity contribution in [2.24, 2.45) is 0 Å². The summed E-state index contributed by atoms with van der Waals surface area (Å²) >= 11 is 6.71. The second kappa shape index (κ2) is 9.13. The van der Waals surface area contributed by atoms with Gasteiger partial charge in [-0.25, -0.2) is 0 Å². The molecular weight excluding hydrogens is 412 g/mol. The van der Waals surface area contributed by atoms with Gasteiger partial charge in [-0.1, -0.05) is 6.07 Å². The Labute approximate surface area is 174 Å². The molecule has 29 heavy (non-hydrogen) atoms. The number of H-pyrrole nitrogens is 1. The third-order valence-corrected chi connectivity index (χ3v) is 5.04. The maximum absolute atomic E-state index is 12.5. The molecule has 2 heterocycles. The standard InChI is InChI=1S/C18H16N6O3S2/c1-11(24-16(21-23-18(24)28)14-3-2-8-29-14)17(26)22-20-15(25)10-27-13-6-4-12(9-19)5-7-13/h2-8,11H,10H2,1H3,(H,20,25)(H,22,26)(H,23,28). The van der Waals surface area contributed by atoms with E-state index < -0.39 is 17.9 Å². The fourth-order valence-corrected chi connectivity index (χ4v) is 3.41. The Morgan fingerprint density at radius 2 is 2.10 bits per heavy atom. The summed E-state index contributed by atoms with van der Waals surface area (Å²) in [7, 11) is 0. The minimum Gasteiger partial charge on any atom is -0.484 e. The van der Waals surface area contributed by atoms with E-state index in [9.17, 15) is 9.59 Å². The first-order valence-electron chi connectivity index (χ1n) is 8.42. The molecule has 1 aromatic carbocycles. The molecule has 3 N–H and O–H groups in total. The molecule has 0 radical (unpaired) electrons. The number of carbonyl (C=O) groups is 2. The zero-order chi connectivity index (χ0) is 20.8. The van der Waals surface area contributed by atoms with Crippen LogP contribution in [-0.2, 0) is 9.59 Å². The molecular formula is C18H16N6O3S2. The van der Waals surface area contributed by atoms with E-state index in [0.717, 1.165) is 4.88 Å². The van der Waals surface area contributed by atoms with Crippen LogP contribution in [0.1, 0.15) is 18.5 Å². The number of hydrazine groups is 1. The number of nitriles is 1. The highest BCUT2D eigenvalue weighted by Gasteiger charge is 2.21. The van der Waals surface area contributed by atoms with Crippen molar-refractivity contribution in [2.75, 3.05) is 6.61 Å². The highest BCUT2D eigenvalue weighted by molar-refractivity contribution is 7.71. The third-order valence-electron chi connectivity index (χ3n) is 3.89. The van der Waals surface area contributed by atoms with Crippen LogP contribution in [0.5, 0.6) is 5.75 Å². The summed E-state index contributed by atoms with van der Waals surface area (Å²) in [5.41, 5.74) is 5.15. The largest absolute Gasteiger partial charge is 0.484 e. The van der Waals surface area contributed by atoms with Crippen molar-refractivity contribution in [3.63, 3.8) is 0 Å². The Balaban J connectivity index is 1.55. The number of hydrogen-bond donors (Lipinski definition) is 3. The van der Waals surface area contributed by atoms with E-state index in [2.05, 4.69) is 21.0 Å². The predicted octanol–water partition coefficient (Wildman–Crippen LogP) is 2.33. The number of nitrogens with zero attached hydrogens (tertiary/aromatic N) is 3. The molecule has 2 aromatic heterocycles. The highest BCUT2D eigenvalue weighted by Crippen LogP contribution is 2.25. The Kier molecular flexibility index (Phi) is 6.38. The van der Waals surface area contributed by atoms with Crippen molar-refractivity contribution >= 4 is 35.4 Å². The van der Waals surface area contributed by atoms with Gasteiger partial charge in [-0.2, -0.15) is 10.4 Å². The number of hydrogen-bond acceptors (Lipinski definition) is 7. The number of rotatable bonds is 6. The summed E-state index contributed by atoms with van der Waals surface area (Å²) in [5, 5.41) is 17.5. The summed E-state index contributed by atoms with van der Waals surface area (Å²) in [5.74, 6) is -0.0246. The quantitative estimate of drug-likeness (QED) is 0.409. The fraction of sp³-hybridized carbons (Fsp3) is 0.167. The molecule has 0 saturated heterocycles. The van der Waals surface area contributed by atoms with Gasteiger partial charge in [-0.05, 0) is 54.9 Å². The molecule has 1 unspecified atom stereocenters. The Morgan fingerprint density at radius 3 is 2.76 bits per heavy atom. The number of aromatic amines is 1. The van der Waals surface area contributed by atoms with Crippen molar-refractivity contribution in [3.8, 4) is 22.5 Å². The van der Waals surface area contributed by atoms with E-state index >= 15 is 0 Å². The molecule has 148 valence electrons. The number of aromatic nitrogens is 3. The molecule has 0 bridgehead atoms. The zero-order valence-electron chi connectivity index (χ0n) is 15.2. The maximum Gasteiger partial charge on any atom is 0.276 e. The number of thiophene rings is 1. The summed E-state index contributed by atoms with van der Waals surface area (Å²) < 4.78 is 7.19. The topological polar surface area (TPSA) is 125 Å². The molecule has 0 aliphatic carbocycles. The van der Waals surface area contributed by atoms with Gasteiger partial charge in [-0.3, -0.25) is 30.1 Å². The third kappa shape index (κ3) is 4.87. The first-order chi connectivity index (χ1) is 14.0. The summed E-state index contributed by atoms with van der Waals surface area (Å²) in [6.07, 6.45) is 0. The minimum atomic E-state index is -0.710. The number of carbonyl (C=O) groups excluding carboxylic acids is 2. The van der Waals surface area contributed by atoms with Gasteiger partial charge in [0.2, 0.25) is 0 Å². The monoisotopic (exact) mass is 428 g/mol. The number of amides is 2. The van der Waals surface area contributed by atoms with E-state index in [4.69, 9.17) is 22.2 Å². The lowest BCUT2D eigenvalue weighted by Crippen LogP contribution is -2.46. The van der Waals surface area contributed by atoms with Crippen LogP contribution in [0.3, 0.4) is 0 Å². The van der Waals surface area contributed by atoms with Crippen LogP contribution in [0.15, 0.2) is 41.8 Å². The molecule has 0 fully saturated rings. The summed E-state index contributed by atoms with van der Waals surface area (Å²) in [6.45, 7) is 1.35. The molecule has 11 heteroatoms. The molecule has 2 amide bonds. The SMILES string of the molecule is CC(C(=O)NNC(=O)COc1ccc(C#N)cc1)n1c(-c2cccs2)n[nH]c1=S. The van der Waals surface area contributed by atoms with Gasteiger partial charge in [0.25, 0.3) is 11.8 Å². The van der Waals surface area contributed by atoms with Gasteiger partial charge < -0.3 is 4.74 Å². The normalized spacial score (nSPS) is 11.3. The van der Waals surface area contributed by atoms with Gasteiger partial charge in [0.1, 0.15) is 11.8 Å². The Morgan fingerprint density at radius 1 is 1.34 bits per heavy atom. The Bertz CT molecular complexity index is 1100. The van der Waals surface area contributed by atoms with Crippen LogP contribution in [0.2, 0.25) is 0 Å². The van der Waals surface area contributed by atoms with Gasteiger partial charge in [0.15, 0.2) is 17.2 Å². The van der Waals surface area contributed by atoms with Crippen LogP contribution in [0.25, 0.3) is 10.7 Å². The van der Waals surface area contributed by atoms with Gasteiger partial charge in [0.05, 0.1) is 16.5 Å². The second-order valence-corrected chi connectivity index (χ2v) is 7.17. The molecule has 0 spiro atoms. The number of nitrogens with one attached hydrogen (secondary N) is 3. The molecule has 9 nitrogen and oxygen atoms in total. The van der Waals surface area contributed by atoms with E-state index in [1.807, 2.05) is 23.6 Å². The van der Waals surface area contributed by atoms with Crippen LogP contribution in [0, 0.1) is 16.1 Å². The van der Waals surface area contributed by atoms with E-state index in [1.165, 1.54) is 11.3 Å². The zero-order valence-corrected chi connectivity index (χ0v) is 16.8.